The summed E-state index contributed by atoms with van der Waals surface area (Å²) in [7, 11) is 0. The van der Waals surface area contributed by atoms with Gasteiger partial charge in [-0.1, -0.05) is 39.5 Å². The van der Waals surface area contributed by atoms with E-state index in [-0.39, 0.29) is 10.8 Å². The molecule has 3 heterocycles. The van der Waals surface area contributed by atoms with Crippen molar-refractivity contribution in [2.75, 3.05) is 31.9 Å². The van der Waals surface area contributed by atoms with E-state index >= 15 is 0 Å². The van der Waals surface area contributed by atoms with Crippen LogP contribution in [0.15, 0.2) is 17.6 Å². The average Bonchev–Trinajstić information content (AvgIpc) is 2.98. The van der Waals surface area contributed by atoms with E-state index in [0.717, 1.165) is 50.1 Å². The van der Waals surface area contributed by atoms with Gasteiger partial charge in [-0.3, -0.25) is 9.69 Å². The molecule has 3 rings (SSSR count). The fraction of sp³-hybridized carbons (Fsp3) is 0.750. The van der Waals surface area contributed by atoms with Crippen LogP contribution in [-0.4, -0.2) is 57.6 Å². The van der Waals surface area contributed by atoms with Crippen LogP contribution in [0.25, 0.3) is 0 Å². The van der Waals surface area contributed by atoms with Gasteiger partial charge < -0.3 is 4.90 Å². The number of aromatic nitrogens is 2. The summed E-state index contributed by atoms with van der Waals surface area (Å²) in [5, 5.41) is 0.860. The molecular weight excluding hydrogens is 344 g/mol. The molecule has 0 saturated carbocycles. The molecule has 0 radical (unpaired) electrons. The standard InChI is InChI=1S/C20H32N4OS/c1-5-26-18-21-11-16(12-22-18)13-23-9-6-7-20(14-23)8-10-24(15-20)17(25)19(2,3)4/h11-12H,5-10,13-15H2,1-4H3/t20-/m0/s1. The lowest BCUT2D eigenvalue weighted by molar-refractivity contribution is -0.138. The molecule has 0 aromatic carbocycles. The van der Waals surface area contributed by atoms with Crippen LogP contribution >= 0.6 is 11.8 Å². The fourth-order valence-corrected chi connectivity index (χ4v) is 4.76. The smallest absolute Gasteiger partial charge is 0.227 e. The van der Waals surface area contributed by atoms with Crippen LogP contribution in [0.1, 0.15) is 52.5 Å². The lowest BCUT2D eigenvalue weighted by Crippen LogP contribution is -2.46. The molecule has 26 heavy (non-hydrogen) atoms. The molecule has 2 aliphatic rings. The topological polar surface area (TPSA) is 49.3 Å². The van der Waals surface area contributed by atoms with Gasteiger partial charge in [-0.15, -0.1) is 0 Å². The molecule has 0 aliphatic carbocycles. The molecule has 0 N–H and O–H groups in total. The Hall–Kier alpha value is -1.14. The van der Waals surface area contributed by atoms with Gasteiger partial charge in [0.1, 0.15) is 0 Å². The SMILES string of the molecule is CCSc1ncc(CN2CCC[C@]3(CCN(C(=O)C(C)(C)C)C3)C2)cn1. The Labute approximate surface area is 162 Å². The Morgan fingerprint density at radius 3 is 2.58 bits per heavy atom. The summed E-state index contributed by atoms with van der Waals surface area (Å²) >= 11 is 1.68. The number of amides is 1. The number of thioether (sulfide) groups is 1. The first-order valence-corrected chi connectivity index (χ1v) is 10.8. The summed E-state index contributed by atoms with van der Waals surface area (Å²) in [6.07, 6.45) is 7.52. The van der Waals surface area contributed by atoms with Crippen LogP contribution in [-0.2, 0) is 11.3 Å². The van der Waals surface area contributed by atoms with Crippen LogP contribution in [0.4, 0.5) is 0 Å². The van der Waals surface area contributed by atoms with Crippen LogP contribution in [0.3, 0.4) is 0 Å². The number of likely N-dealkylation sites (tertiary alicyclic amines) is 2. The summed E-state index contributed by atoms with van der Waals surface area (Å²) in [6, 6.07) is 0. The third kappa shape index (κ3) is 4.58. The van der Waals surface area contributed by atoms with E-state index in [9.17, 15) is 4.79 Å². The minimum absolute atomic E-state index is 0.276. The molecule has 5 nitrogen and oxygen atoms in total. The van der Waals surface area contributed by atoms with E-state index in [1.165, 1.54) is 18.4 Å². The third-order valence-electron chi connectivity index (χ3n) is 5.47. The number of carbonyl (C=O) groups excluding carboxylic acids is 1. The molecule has 1 aromatic rings. The van der Waals surface area contributed by atoms with Crippen LogP contribution < -0.4 is 0 Å². The second-order valence-electron chi connectivity index (χ2n) is 8.85. The van der Waals surface area contributed by atoms with Crippen molar-refractivity contribution in [3.05, 3.63) is 18.0 Å². The Morgan fingerprint density at radius 1 is 1.19 bits per heavy atom. The van der Waals surface area contributed by atoms with Gasteiger partial charge in [0.2, 0.25) is 5.91 Å². The average molecular weight is 377 g/mol. The number of hydrogen-bond acceptors (Lipinski definition) is 5. The molecule has 0 unspecified atom stereocenters. The fourth-order valence-electron chi connectivity index (χ4n) is 4.25. The number of rotatable bonds is 4. The van der Waals surface area contributed by atoms with Crippen molar-refractivity contribution in [2.45, 2.75) is 58.7 Å². The highest BCUT2D eigenvalue weighted by atomic mass is 32.2. The zero-order chi connectivity index (χ0) is 18.8. The lowest BCUT2D eigenvalue weighted by atomic mass is 9.79. The zero-order valence-electron chi connectivity index (χ0n) is 16.6. The molecule has 0 bridgehead atoms. The minimum Gasteiger partial charge on any atom is -0.342 e. The number of carbonyl (C=O) groups is 1. The van der Waals surface area contributed by atoms with Gasteiger partial charge in [0, 0.05) is 55.0 Å². The Kier molecular flexibility index (Phi) is 5.92. The second-order valence-corrected chi connectivity index (χ2v) is 10.1. The van der Waals surface area contributed by atoms with Crippen LogP contribution in [0, 0.1) is 10.8 Å². The molecule has 1 atom stereocenters. The van der Waals surface area contributed by atoms with Gasteiger partial charge in [0.05, 0.1) is 0 Å². The maximum Gasteiger partial charge on any atom is 0.227 e. The van der Waals surface area contributed by atoms with Gasteiger partial charge in [-0.05, 0) is 31.6 Å². The molecule has 1 spiro atoms. The van der Waals surface area contributed by atoms with Crippen molar-refractivity contribution in [2.24, 2.45) is 10.8 Å². The van der Waals surface area contributed by atoms with Gasteiger partial charge in [0.15, 0.2) is 5.16 Å². The number of hydrogen-bond donors (Lipinski definition) is 0. The van der Waals surface area contributed by atoms with Crippen molar-refractivity contribution in [1.29, 1.82) is 0 Å². The monoisotopic (exact) mass is 376 g/mol. The van der Waals surface area contributed by atoms with Gasteiger partial charge in [0.25, 0.3) is 0 Å². The number of piperidine rings is 1. The van der Waals surface area contributed by atoms with E-state index in [4.69, 9.17) is 0 Å². The first-order chi connectivity index (χ1) is 12.3. The summed E-state index contributed by atoms with van der Waals surface area (Å²) in [6.45, 7) is 13.1. The van der Waals surface area contributed by atoms with Gasteiger partial charge in [-0.2, -0.15) is 0 Å². The Morgan fingerprint density at radius 2 is 1.92 bits per heavy atom. The maximum atomic E-state index is 12.6. The Bertz CT molecular complexity index is 628. The molecule has 2 saturated heterocycles. The van der Waals surface area contributed by atoms with E-state index in [2.05, 4.69) is 26.7 Å². The molecule has 2 fully saturated rings. The highest BCUT2D eigenvalue weighted by molar-refractivity contribution is 7.99. The Balaban J connectivity index is 1.60. The predicted octanol–water partition coefficient (Wildman–Crippen LogP) is 3.45. The second kappa shape index (κ2) is 7.85. The zero-order valence-corrected chi connectivity index (χ0v) is 17.4. The van der Waals surface area contributed by atoms with Crippen LogP contribution in [0.2, 0.25) is 0 Å². The van der Waals surface area contributed by atoms with Gasteiger partial charge >= 0.3 is 0 Å². The molecule has 6 heteroatoms. The molecule has 2 aliphatic heterocycles. The highest BCUT2D eigenvalue weighted by Crippen LogP contribution is 2.40. The highest BCUT2D eigenvalue weighted by Gasteiger charge is 2.44. The van der Waals surface area contributed by atoms with E-state index in [0.29, 0.717) is 5.91 Å². The summed E-state index contributed by atoms with van der Waals surface area (Å²) in [5.41, 5.74) is 1.18. The largest absolute Gasteiger partial charge is 0.342 e. The third-order valence-corrected chi connectivity index (χ3v) is 6.23. The van der Waals surface area contributed by atoms with Crippen molar-refractivity contribution in [3.63, 3.8) is 0 Å². The number of nitrogens with zero attached hydrogens (tertiary/aromatic N) is 4. The quantitative estimate of drug-likeness (QED) is 0.595. The van der Waals surface area contributed by atoms with Crippen molar-refractivity contribution >= 4 is 17.7 Å². The minimum atomic E-state index is -0.282. The van der Waals surface area contributed by atoms with Crippen LogP contribution in [0.5, 0.6) is 0 Å². The van der Waals surface area contributed by atoms with E-state index < -0.39 is 0 Å². The molecule has 144 valence electrons. The van der Waals surface area contributed by atoms with Crippen molar-refractivity contribution in [3.8, 4) is 0 Å². The molecule has 1 amide bonds. The van der Waals surface area contributed by atoms with Gasteiger partial charge in [-0.25, -0.2) is 9.97 Å². The maximum absolute atomic E-state index is 12.6. The van der Waals surface area contributed by atoms with E-state index in [1.54, 1.807) is 11.8 Å². The lowest BCUT2D eigenvalue weighted by Gasteiger charge is -2.40. The van der Waals surface area contributed by atoms with E-state index in [1.807, 2.05) is 33.2 Å². The predicted molar refractivity (Wildman–Crippen MR) is 106 cm³/mol. The summed E-state index contributed by atoms with van der Waals surface area (Å²) in [5.74, 6) is 1.29. The summed E-state index contributed by atoms with van der Waals surface area (Å²) < 4.78 is 0. The molecule has 1 aromatic heterocycles. The van der Waals surface area contributed by atoms with Crippen molar-refractivity contribution < 1.29 is 4.79 Å². The van der Waals surface area contributed by atoms with Crippen molar-refractivity contribution in [1.82, 2.24) is 19.8 Å². The first-order valence-electron chi connectivity index (χ1n) is 9.77. The first kappa shape index (κ1) is 19.6. The molecular formula is C20H32N4OS. The normalized spacial score (nSPS) is 24.4. The summed E-state index contributed by atoms with van der Waals surface area (Å²) in [4.78, 5) is 26.2.